The van der Waals surface area contributed by atoms with Crippen molar-refractivity contribution in [3.05, 3.63) is 63.2 Å². The predicted octanol–water partition coefficient (Wildman–Crippen LogP) is 1.68. The summed E-state index contributed by atoms with van der Waals surface area (Å²) in [6, 6.07) is -2.53. The predicted molar refractivity (Wildman–Crippen MR) is 365 cm³/mol. The van der Waals surface area contributed by atoms with Crippen molar-refractivity contribution in [1.82, 2.24) is 40.4 Å². The number of nitrogens with one attached hydrogen (secondary N) is 6. The molecule has 2 fully saturated rings. The topological polar surface area (TPSA) is 679 Å². The summed E-state index contributed by atoms with van der Waals surface area (Å²) >= 11 is 9.05. The van der Waals surface area contributed by atoms with Gasteiger partial charge in [0.05, 0.1) is 29.0 Å². The number of halogens is 10. The fraction of sp³-hybridized carbons (Fsp3) is 0.591. The number of rotatable bonds is 34. The molecule has 0 saturated carbocycles. The molecule has 2 aliphatic heterocycles. The number of unbranched alkanes of at least 4 members (excludes halogenated alkanes) is 2. The van der Waals surface area contributed by atoms with Crippen LogP contribution in [-0.2, 0) is 96.8 Å². The Morgan fingerprint density at radius 1 is 0.610 bits per heavy atom. The number of H-pyrrole nitrogens is 2. The summed E-state index contributed by atoms with van der Waals surface area (Å²) in [6.45, 7) is -2.51. The van der Waals surface area contributed by atoms with E-state index >= 15 is 0 Å². The van der Waals surface area contributed by atoms with Gasteiger partial charge < -0.3 is 90.3 Å². The fourth-order valence-corrected chi connectivity index (χ4v) is 14.1. The van der Waals surface area contributed by atoms with E-state index in [1.54, 1.807) is 33.2 Å². The van der Waals surface area contributed by atoms with Gasteiger partial charge in [-0.1, -0.05) is 11.8 Å². The molecule has 4 rings (SSSR count). The van der Waals surface area contributed by atoms with Crippen LogP contribution in [0, 0.1) is 27.8 Å². The first-order valence-corrected chi connectivity index (χ1v) is 51.6. The summed E-state index contributed by atoms with van der Waals surface area (Å²) in [7, 11) is -33.6. The van der Waals surface area contributed by atoms with Gasteiger partial charge in [0.25, 0.3) is 11.1 Å². The fourth-order valence-electron chi connectivity index (χ4n) is 7.59. The van der Waals surface area contributed by atoms with E-state index in [0.29, 0.717) is 0 Å². The third-order valence-electron chi connectivity index (χ3n) is 11.9. The van der Waals surface area contributed by atoms with E-state index in [0.717, 1.165) is 15.3 Å². The van der Waals surface area contributed by atoms with E-state index in [9.17, 15) is 132 Å². The van der Waals surface area contributed by atoms with Crippen LogP contribution in [0.15, 0.2) is 31.6 Å². The molecule has 598 valence electrons. The first kappa shape index (κ1) is 100. The molecule has 2 aliphatic rings. The molecule has 12 atom stereocenters. The number of phosphoric acid groups is 6. The van der Waals surface area contributed by atoms with Gasteiger partial charge in [-0.25, -0.2) is 46.6 Å². The number of phosphoric ester groups is 2. The van der Waals surface area contributed by atoms with Crippen molar-refractivity contribution in [2.45, 2.75) is 138 Å². The van der Waals surface area contributed by atoms with Crippen molar-refractivity contribution in [2.24, 2.45) is 0 Å². The number of aliphatic hydroxyl groups excluding tert-OH is 2. The number of carbonyl (C=O) groups excluding carboxylic acids is 4. The Hall–Kier alpha value is -2.96. The summed E-state index contributed by atoms with van der Waals surface area (Å²) in [5.41, 5.74) is -3.81. The number of ether oxygens (including phenoxy) is 2. The number of carboxylic acids is 2. The molecule has 0 aromatic carbocycles. The number of hydrogen-bond acceptors (Lipinski definition) is 26. The molecular formula is C44H61F6I4N8O36P6V. The van der Waals surface area contributed by atoms with Gasteiger partial charge in [0.15, 0.2) is 0 Å². The average Bonchev–Trinajstić information content (AvgIpc) is 1.79. The number of aromatic amines is 2. The second kappa shape index (κ2) is 45.5. The van der Waals surface area contributed by atoms with Crippen molar-refractivity contribution in [3.8, 4) is 24.2 Å². The normalized spacial score (nSPS) is 20.2. The molecule has 2 aromatic rings. The second-order valence-corrected chi connectivity index (χ2v) is 65.5. The molecule has 0 spiro atoms. The van der Waals surface area contributed by atoms with Crippen LogP contribution in [0.3, 0.4) is 0 Å². The number of terminal acetylenes is 1. The number of nitrogens with zero attached hydrogens (tertiary/aromatic N) is 2. The van der Waals surface area contributed by atoms with E-state index in [2.05, 4.69) is 115 Å². The van der Waals surface area contributed by atoms with Crippen molar-refractivity contribution in [2.75, 3.05) is 26.3 Å². The van der Waals surface area contributed by atoms with Gasteiger partial charge in [-0.15, -0.1) is 12.3 Å². The molecule has 105 heavy (non-hydrogen) atoms. The Bertz CT molecular complexity index is 4000. The average molecular weight is 2140 g/mol. The first-order valence-electron chi connectivity index (χ1n) is 27.9. The SMILES string of the molecule is C#CCCC(=O)NC(CCCCNC(=O)C(F)(F)F)C(=O)O.O=C(CCC#Cc1cn([C@H]2CC(O)[C@@H](COP(=O)(O)OP(=O)(O)OP(=O)(O)O)O2)c(=O)[nH]c1=O)NC(CCCCNC(=O)C(F)(F)F)C(=O)O.O=c1[nH]c(=O)n([C@H]2CC(O)[C@@H](COP(=O)(O)OP(=O)(O)OP(=O)(O)O)O2)cc1I.[I][V]([I])[I]. The number of aromatic nitrogens is 4. The molecule has 18 N–H and O–H groups in total. The Kier molecular flexibility index (Phi) is 43.4. The zero-order valence-electron chi connectivity index (χ0n) is 52.1. The number of aliphatic carboxylic acids is 2. The Morgan fingerprint density at radius 2 is 0.971 bits per heavy atom. The van der Waals surface area contributed by atoms with Crippen molar-refractivity contribution < 1.29 is 183 Å². The molecule has 0 aliphatic carbocycles. The zero-order chi connectivity index (χ0) is 81.0. The molecule has 61 heteroatoms. The third kappa shape index (κ3) is 42.9. The Balaban J connectivity index is 0.000000842. The molecule has 2 saturated heterocycles. The Morgan fingerprint density at radius 3 is 1.32 bits per heavy atom. The van der Waals surface area contributed by atoms with E-state index in [1.165, 1.54) is 6.20 Å². The van der Waals surface area contributed by atoms with Gasteiger partial charge in [0.2, 0.25) is 11.8 Å². The van der Waals surface area contributed by atoms with Crippen molar-refractivity contribution >= 4 is 165 Å². The van der Waals surface area contributed by atoms with E-state index < -0.39 is 180 Å². The van der Waals surface area contributed by atoms with Crippen LogP contribution in [0.1, 0.15) is 95.1 Å². The third-order valence-corrected chi connectivity index (χ3v) is 20.3. The van der Waals surface area contributed by atoms with E-state index in [1.807, 2.05) is 9.97 Å². The molecule has 2 aromatic heterocycles. The number of hydrogen-bond donors (Lipinski definition) is 18. The molecule has 4 heterocycles. The number of carboxylic acid groups (broad SMARTS) is 2. The monoisotopic (exact) mass is 2140 g/mol. The summed E-state index contributed by atoms with van der Waals surface area (Å²) in [5.74, 6) is -1.01. The summed E-state index contributed by atoms with van der Waals surface area (Å²) in [5, 5.41) is 46.3. The van der Waals surface area contributed by atoms with Crippen molar-refractivity contribution in [3.63, 3.8) is 0 Å². The summed E-state index contributed by atoms with van der Waals surface area (Å²) in [6.07, 6.45) is -11.6. The van der Waals surface area contributed by atoms with Gasteiger partial charge in [-0.2, -0.15) is 43.6 Å². The van der Waals surface area contributed by atoms with Gasteiger partial charge in [-0.3, -0.25) is 56.9 Å². The maximum absolute atomic E-state index is 12.4. The van der Waals surface area contributed by atoms with Crippen LogP contribution in [0.4, 0.5) is 26.3 Å². The van der Waals surface area contributed by atoms with Crippen LogP contribution in [0.25, 0.3) is 0 Å². The molecular weight excluding hydrogens is 2070 g/mol. The number of aliphatic hydroxyl groups is 2. The Labute approximate surface area is 635 Å². The van der Waals surface area contributed by atoms with Gasteiger partial charge in [-0.05, 0) is 61.1 Å². The van der Waals surface area contributed by atoms with Crippen LogP contribution in [0.2, 0.25) is 0 Å². The summed E-state index contributed by atoms with van der Waals surface area (Å²) < 4.78 is 175. The first-order chi connectivity index (χ1) is 47.9. The minimum atomic E-state index is -5.81. The van der Waals surface area contributed by atoms with E-state index in [4.69, 9.17) is 45.5 Å². The zero-order valence-corrected chi connectivity index (χ0v) is 67.5. The molecule has 4 amide bonds. The molecule has 8 unspecified atom stereocenters. The van der Waals surface area contributed by atoms with Crippen LogP contribution in [0.5, 0.6) is 0 Å². The van der Waals surface area contributed by atoms with Crippen molar-refractivity contribution in [1.29, 1.82) is 0 Å². The molecule has 44 nitrogen and oxygen atoms in total. The van der Waals surface area contributed by atoms with Crippen LogP contribution < -0.4 is 43.8 Å². The van der Waals surface area contributed by atoms with Gasteiger partial charge in [0, 0.05) is 64.0 Å². The number of amides is 4. The number of carbonyl (C=O) groups is 6. The van der Waals surface area contributed by atoms with Gasteiger partial charge in [0.1, 0.15) is 42.3 Å². The second-order valence-electron chi connectivity index (χ2n) is 20.1. The molecule has 0 bridgehead atoms. The maximum atomic E-state index is 12.4. The van der Waals surface area contributed by atoms with Crippen LogP contribution >= 0.6 is 129 Å². The van der Waals surface area contributed by atoms with E-state index in [-0.39, 0.29) is 104 Å². The van der Waals surface area contributed by atoms with Crippen LogP contribution in [-0.4, -0.2) is 189 Å². The van der Waals surface area contributed by atoms with Gasteiger partial charge >= 0.3 is 159 Å². The number of alkyl halides is 6. The molecule has 0 radical (unpaired) electrons. The summed E-state index contributed by atoms with van der Waals surface area (Å²) in [4.78, 5) is 190. The standard InChI is InChI=1S/C22H30F3N4O18P3.C13H17F3N2O4.C9H14IN2O14P3.3HI.V/c23-22(24,25)20(35)26-8-4-3-6-13(19(33)34)27-16(31)7-2-1-5-12-10-29(21(36)28-18(12)32)17-9-14(30)15(45-17)11-44-49(40,41)47-50(42,43)46-48(37,38)39;1-2-3-7-10(19)18-9(11(20)21)6-4-5-8-17-12(22)13(14,15)16;10-4-2-12(9(15)11-8(4)14)7-1-5(13)6(24-7)3-23-28(19,20)26-29(21,22)25-27(16,17)18;;;;/h10,13-15,17,30H,2-4,6-9,11H2,(H,26,35)(H,27,31)(H,33,34)(H,40,41)(H,42,43)(H,28,32,36)(H2,37,38,39);1,9H,3-8H2,(H,17,22)(H,18,19)(H,20,21);2,5-7,13H,1,3H2,(H,19,20)(H,21,22)(H,11,14,15)(H2,16,17,18);3*1H;/q;;;;;;+3/p-3/t13?,14?,15-,17-;;5?,6-,7-;;;;/m1.1..../s1. The quantitative estimate of drug-likeness (QED) is 0.0156. The minimum absolute atomic E-state index is 0.00190.